The van der Waals surface area contributed by atoms with Crippen molar-refractivity contribution in [3.05, 3.63) is 53.3 Å². The van der Waals surface area contributed by atoms with Crippen molar-refractivity contribution in [1.29, 1.82) is 5.26 Å². The Labute approximate surface area is 155 Å². The van der Waals surface area contributed by atoms with E-state index in [-0.39, 0.29) is 5.75 Å². The number of nitriles is 1. The third-order valence-electron chi connectivity index (χ3n) is 4.07. The number of aromatic nitrogens is 3. The first-order valence-electron chi connectivity index (χ1n) is 8.12. The molecule has 8 heteroatoms. The summed E-state index contributed by atoms with van der Waals surface area (Å²) in [5.41, 5.74) is 4.34. The Balaban J connectivity index is 1.93. The quantitative estimate of drug-likeness (QED) is 0.725. The van der Waals surface area contributed by atoms with Gasteiger partial charge in [-0.2, -0.15) is 19.1 Å². The molecule has 0 aliphatic carbocycles. The number of hydrogen-bond donors (Lipinski definition) is 1. The summed E-state index contributed by atoms with van der Waals surface area (Å²) in [4.78, 5) is 4.59. The van der Waals surface area contributed by atoms with Crippen LogP contribution in [0.2, 0.25) is 0 Å². The van der Waals surface area contributed by atoms with E-state index in [2.05, 4.69) is 26.2 Å². The Morgan fingerprint density at radius 2 is 1.89 bits per heavy atom. The van der Waals surface area contributed by atoms with Crippen molar-refractivity contribution in [3.8, 4) is 23.1 Å². The maximum Gasteiger partial charge on any atom is 0.387 e. The monoisotopic (exact) mass is 369 g/mol. The fourth-order valence-electron chi connectivity index (χ4n) is 2.80. The summed E-state index contributed by atoms with van der Waals surface area (Å²) in [5.74, 6) is 0.533. The number of pyridine rings is 1. The molecule has 2 aromatic heterocycles. The summed E-state index contributed by atoms with van der Waals surface area (Å²) in [6.45, 7) is 0.953. The number of nitrogens with zero attached hydrogens (tertiary/aromatic N) is 4. The van der Waals surface area contributed by atoms with Crippen LogP contribution in [0.25, 0.3) is 11.3 Å². The maximum atomic E-state index is 12.2. The highest BCUT2D eigenvalue weighted by molar-refractivity contribution is 5.70. The van der Waals surface area contributed by atoms with Gasteiger partial charge in [-0.3, -0.25) is 4.68 Å². The highest BCUT2D eigenvalue weighted by Crippen LogP contribution is 2.28. The number of ether oxygens (including phenoxy) is 1. The van der Waals surface area contributed by atoms with Crippen molar-refractivity contribution < 1.29 is 13.5 Å². The molecule has 27 heavy (non-hydrogen) atoms. The summed E-state index contributed by atoms with van der Waals surface area (Å²) in [6, 6.07) is 11.5. The average molecular weight is 369 g/mol. The second-order valence-electron chi connectivity index (χ2n) is 5.94. The first-order valence-corrected chi connectivity index (χ1v) is 8.12. The van der Waals surface area contributed by atoms with Crippen molar-refractivity contribution in [1.82, 2.24) is 14.8 Å². The van der Waals surface area contributed by atoms with Gasteiger partial charge in [0.1, 0.15) is 11.6 Å². The van der Waals surface area contributed by atoms with E-state index in [0.29, 0.717) is 22.8 Å². The molecule has 0 bridgehead atoms. The fourth-order valence-corrected chi connectivity index (χ4v) is 2.80. The summed E-state index contributed by atoms with van der Waals surface area (Å²) in [5, 5.41) is 16.8. The van der Waals surface area contributed by atoms with Gasteiger partial charge in [0, 0.05) is 24.0 Å². The number of rotatable bonds is 5. The van der Waals surface area contributed by atoms with Crippen molar-refractivity contribution in [2.24, 2.45) is 7.05 Å². The third-order valence-corrected chi connectivity index (χ3v) is 4.07. The topological polar surface area (TPSA) is 75.8 Å². The Morgan fingerprint density at radius 1 is 1.19 bits per heavy atom. The SMILES string of the molecule is Cc1nn(C)c(C)c1-c1cc(C#N)cc(Nc2ccc(OC(F)F)cc2)n1. The van der Waals surface area contributed by atoms with Crippen LogP contribution in [-0.4, -0.2) is 21.4 Å². The number of halogens is 2. The lowest BCUT2D eigenvalue weighted by molar-refractivity contribution is -0.0498. The molecule has 0 unspecified atom stereocenters. The van der Waals surface area contributed by atoms with Crippen molar-refractivity contribution in [3.63, 3.8) is 0 Å². The molecular weight excluding hydrogens is 352 g/mol. The molecule has 138 valence electrons. The third kappa shape index (κ3) is 4.03. The molecule has 0 radical (unpaired) electrons. The van der Waals surface area contributed by atoms with Gasteiger partial charge in [-0.15, -0.1) is 0 Å². The van der Waals surface area contributed by atoms with E-state index < -0.39 is 6.61 Å². The number of anilines is 2. The Morgan fingerprint density at radius 3 is 2.44 bits per heavy atom. The van der Waals surface area contributed by atoms with Crippen LogP contribution in [0.1, 0.15) is 17.0 Å². The van der Waals surface area contributed by atoms with E-state index in [1.807, 2.05) is 20.9 Å². The van der Waals surface area contributed by atoms with Gasteiger partial charge >= 0.3 is 6.61 Å². The zero-order valence-corrected chi connectivity index (χ0v) is 15.0. The molecule has 1 aromatic carbocycles. The summed E-state index contributed by atoms with van der Waals surface area (Å²) < 4.78 is 30.6. The van der Waals surface area contributed by atoms with E-state index in [4.69, 9.17) is 0 Å². The normalized spacial score (nSPS) is 10.7. The number of alkyl halides is 2. The largest absolute Gasteiger partial charge is 0.435 e. The second kappa shape index (κ2) is 7.41. The van der Waals surface area contributed by atoms with Crippen LogP contribution in [0.4, 0.5) is 20.3 Å². The molecule has 6 nitrogen and oxygen atoms in total. The van der Waals surface area contributed by atoms with E-state index in [1.54, 1.807) is 28.9 Å². The van der Waals surface area contributed by atoms with E-state index in [9.17, 15) is 14.0 Å². The highest BCUT2D eigenvalue weighted by Gasteiger charge is 2.15. The maximum absolute atomic E-state index is 12.2. The molecule has 1 N–H and O–H groups in total. The minimum Gasteiger partial charge on any atom is -0.435 e. The molecule has 0 saturated heterocycles. The average Bonchev–Trinajstić information content (AvgIpc) is 2.88. The minimum atomic E-state index is -2.87. The van der Waals surface area contributed by atoms with Crippen LogP contribution in [0.15, 0.2) is 36.4 Å². The lowest BCUT2D eigenvalue weighted by Crippen LogP contribution is -2.02. The molecule has 0 aliphatic heterocycles. The van der Waals surface area contributed by atoms with Gasteiger partial charge < -0.3 is 10.1 Å². The van der Waals surface area contributed by atoms with Crippen molar-refractivity contribution in [2.45, 2.75) is 20.5 Å². The van der Waals surface area contributed by atoms with Gasteiger partial charge in [0.05, 0.1) is 23.0 Å². The standard InChI is InChI=1S/C19H17F2N5O/c1-11-18(12(2)26(3)25-11)16-8-13(10-22)9-17(24-16)23-14-4-6-15(7-5-14)27-19(20)21/h4-9,19H,1-3H3,(H,23,24). The predicted molar refractivity (Wildman–Crippen MR) is 97.0 cm³/mol. The Kier molecular flexibility index (Phi) is 5.03. The van der Waals surface area contributed by atoms with E-state index >= 15 is 0 Å². The summed E-state index contributed by atoms with van der Waals surface area (Å²) >= 11 is 0. The predicted octanol–water partition coefficient (Wildman–Crippen LogP) is 4.32. The van der Waals surface area contributed by atoms with E-state index in [0.717, 1.165) is 17.0 Å². The first kappa shape index (κ1) is 18.3. The first-order chi connectivity index (χ1) is 12.9. The van der Waals surface area contributed by atoms with Crippen LogP contribution >= 0.6 is 0 Å². The van der Waals surface area contributed by atoms with Crippen molar-refractivity contribution >= 4 is 11.5 Å². The molecule has 3 rings (SSSR count). The number of benzene rings is 1. The molecular formula is C19H17F2N5O. The molecule has 0 fully saturated rings. The molecule has 0 aliphatic rings. The van der Waals surface area contributed by atoms with E-state index in [1.165, 1.54) is 12.1 Å². The number of aryl methyl sites for hydroxylation is 2. The van der Waals surface area contributed by atoms with Crippen LogP contribution in [0.5, 0.6) is 5.75 Å². The molecule has 0 saturated carbocycles. The van der Waals surface area contributed by atoms with Crippen LogP contribution in [0.3, 0.4) is 0 Å². The van der Waals surface area contributed by atoms with Gasteiger partial charge in [-0.1, -0.05) is 0 Å². The fraction of sp³-hybridized carbons (Fsp3) is 0.211. The van der Waals surface area contributed by atoms with Gasteiger partial charge in [0.25, 0.3) is 0 Å². The molecule has 3 aromatic rings. The van der Waals surface area contributed by atoms with Gasteiger partial charge in [0.15, 0.2) is 0 Å². The zero-order chi connectivity index (χ0) is 19.6. The second-order valence-corrected chi connectivity index (χ2v) is 5.94. The molecule has 0 atom stereocenters. The zero-order valence-electron chi connectivity index (χ0n) is 15.0. The van der Waals surface area contributed by atoms with Gasteiger partial charge in [-0.25, -0.2) is 4.98 Å². The Bertz CT molecular complexity index is 1010. The van der Waals surface area contributed by atoms with Gasteiger partial charge in [-0.05, 0) is 50.2 Å². The van der Waals surface area contributed by atoms with Gasteiger partial charge in [0.2, 0.25) is 0 Å². The van der Waals surface area contributed by atoms with Crippen molar-refractivity contribution in [2.75, 3.05) is 5.32 Å². The lowest BCUT2D eigenvalue weighted by atomic mass is 10.1. The van der Waals surface area contributed by atoms with Crippen LogP contribution in [-0.2, 0) is 7.05 Å². The number of hydrogen-bond acceptors (Lipinski definition) is 5. The Hall–Kier alpha value is -3.47. The summed E-state index contributed by atoms with van der Waals surface area (Å²) in [7, 11) is 1.85. The minimum absolute atomic E-state index is 0.0663. The molecule has 2 heterocycles. The van der Waals surface area contributed by atoms with Crippen LogP contribution < -0.4 is 10.1 Å². The smallest absolute Gasteiger partial charge is 0.387 e. The molecule has 0 amide bonds. The lowest BCUT2D eigenvalue weighted by Gasteiger charge is -2.10. The summed E-state index contributed by atoms with van der Waals surface area (Å²) in [6.07, 6.45) is 0. The highest BCUT2D eigenvalue weighted by atomic mass is 19.3. The van der Waals surface area contributed by atoms with Crippen LogP contribution in [0, 0.1) is 25.2 Å². The molecule has 0 spiro atoms. The number of nitrogens with one attached hydrogen (secondary N) is 1.